The average Bonchev–Trinajstić information content (AvgIpc) is 3.02. The lowest BCUT2D eigenvalue weighted by Crippen LogP contribution is -2.52. The minimum Gasteiger partial charge on any atom is -0.339 e. The Hall–Kier alpha value is -1.36. The highest BCUT2D eigenvalue weighted by Crippen LogP contribution is 2.22. The van der Waals surface area contributed by atoms with Crippen molar-refractivity contribution in [2.24, 2.45) is 5.92 Å². The fraction of sp³-hybridized carbons (Fsp3) is 0.750. The second-order valence-corrected chi connectivity index (χ2v) is 6.09. The van der Waals surface area contributed by atoms with Crippen molar-refractivity contribution in [2.75, 3.05) is 39.3 Å². The van der Waals surface area contributed by atoms with Gasteiger partial charge in [-0.05, 0) is 32.4 Å². The van der Waals surface area contributed by atoms with Gasteiger partial charge in [0.2, 0.25) is 11.8 Å². The molecule has 2 rings (SSSR count). The number of amides is 2. The largest absolute Gasteiger partial charge is 0.339 e. The maximum absolute atomic E-state index is 12.6. The van der Waals surface area contributed by atoms with Crippen LogP contribution in [0.3, 0.4) is 0 Å². The van der Waals surface area contributed by atoms with Crippen LogP contribution < -0.4 is 0 Å². The molecule has 0 aromatic carbocycles. The lowest BCUT2D eigenvalue weighted by Gasteiger charge is -2.35. The fourth-order valence-electron chi connectivity index (χ4n) is 3.18. The summed E-state index contributed by atoms with van der Waals surface area (Å²) in [6.07, 6.45) is 3.44. The molecule has 21 heavy (non-hydrogen) atoms. The zero-order valence-corrected chi connectivity index (χ0v) is 13.3. The highest BCUT2D eigenvalue weighted by Gasteiger charge is 2.34. The summed E-state index contributed by atoms with van der Waals surface area (Å²) in [5.41, 5.74) is 0. The van der Waals surface area contributed by atoms with E-state index in [1.165, 1.54) is 6.08 Å². The predicted octanol–water partition coefficient (Wildman–Crippen LogP) is 0.964. The number of hydrogen-bond acceptors (Lipinski definition) is 3. The van der Waals surface area contributed by atoms with Crippen LogP contribution in [0.2, 0.25) is 0 Å². The molecule has 2 aliphatic heterocycles. The molecule has 2 atom stereocenters. The molecule has 118 valence electrons. The third kappa shape index (κ3) is 3.64. The zero-order valence-electron chi connectivity index (χ0n) is 13.3. The summed E-state index contributed by atoms with van der Waals surface area (Å²) >= 11 is 0. The third-order valence-electron chi connectivity index (χ3n) is 4.86. The van der Waals surface area contributed by atoms with E-state index in [0.717, 1.165) is 25.9 Å². The van der Waals surface area contributed by atoms with Crippen LogP contribution in [0.4, 0.5) is 0 Å². The molecule has 5 heteroatoms. The summed E-state index contributed by atoms with van der Waals surface area (Å²) < 4.78 is 0. The lowest BCUT2D eigenvalue weighted by molar-refractivity contribution is -0.140. The Kier molecular flexibility index (Phi) is 5.39. The van der Waals surface area contributed by atoms with E-state index in [0.29, 0.717) is 32.2 Å². The molecule has 0 saturated carbocycles. The summed E-state index contributed by atoms with van der Waals surface area (Å²) in [5.74, 6) is 0.373. The first kappa shape index (κ1) is 16.0. The summed E-state index contributed by atoms with van der Waals surface area (Å²) in [4.78, 5) is 30.2. The number of likely N-dealkylation sites (tertiary alicyclic amines) is 1. The van der Waals surface area contributed by atoms with Gasteiger partial charge in [-0.25, -0.2) is 0 Å². The quantitative estimate of drug-likeness (QED) is 0.725. The van der Waals surface area contributed by atoms with E-state index in [2.05, 4.69) is 25.3 Å². The number of carbonyl (C=O) groups is 2. The smallest absolute Gasteiger partial charge is 0.246 e. The standard InChI is InChI=1S/C16H27N3O2/c1-4-13(3)19-7-6-14(12-19)16(21)18-10-8-17(9-11-18)15(20)5-2/h5,13-14H,2,4,6-12H2,1,3H3. The van der Waals surface area contributed by atoms with E-state index >= 15 is 0 Å². The van der Waals surface area contributed by atoms with Crippen molar-refractivity contribution in [2.45, 2.75) is 32.7 Å². The molecule has 0 bridgehead atoms. The molecule has 0 aromatic heterocycles. The summed E-state index contributed by atoms with van der Waals surface area (Å²) in [7, 11) is 0. The van der Waals surface area contributed by atoms with Gasteiger partial charge in [0.25, 0.3) is 0 Å². The van der Waals surface area contributed by atoms with Gasteiger partial charge in [-0.3, -0.25) is 14.5 Å². The second-order valence-electron chi connectivity index (χ2n) is 6.09. The van der Waals surface area contributed by atoms with Gasteiger partial charge in [0.05, 0.1) is 5.92 Å². The van der Waals surface area contributed by atoms with Crippen molar-refractivity contribution < 1.29 is 9.59 Å². The van der Waals surface area contributed by atoms with Crippen LogP contribution in [0.25, 0.3) is 0 Å². The Labute approximate surface area is 127 Å². The second kappa shape index (κ2) is 7.07. The van der Waals surface area contributed by atoms with Crippen LogP contribution in [-0.2, 0) is 9.59 Å². The molecule has 2 heterocycles. The monoisotopic (exact) mass is 293 g/mol. The SMILES string of the molecule is C=CC(=O)N1CCN(C(=O)C2CCN(C(C)CC)C2)CC1. The number of piperazine rings is 1. The van der Waals surface area contributed by atoms with Crippen molar-refractivity contribution in [3.05, 3.63) is 12.7 Å². The number of rotatable bonds is 4. The van der Waals surface area contributed by atoms with E-state index < -0.39 is 0 Å². The number of hydrogen-bond donors (Lipinski definition) is 0. The molecule has 2 saturated heterocycles. The first-order chi connectivity index (χ1) is 10.1. The highest BCUT2D eigenvalue weighted by atomic mass is 16.2. The molecule has 5 nitrogen and oxygen atoms in total. The highest BCUT2D eigenvalue weighted by molar-refractivity contribution is 5.87. The minimum absolute atomic E-state index is 0.0362. The Morgan fingerprint density at radius 2 is 1.81 bits per heavy atom. The van der Waals surface area contributed by atoms with Gasteiger partial charge < -0.3 is 9.80 Å². The summed E-state index contributed by atoms with van der Waals surface area (Å²) in [6, 6.07) is 0.560. The third-order valence-corrected chi connectivity index (χ3v) is 4.86. The molecule has 2 fully saturated rings. The Morgan fingerprint density at radius 1 is 1.19 bits per heavy atom. The minimum atomic E-state index is -0.0362. The molecule has 2 amide bonds. The topological polar surface area (TPSA) is 43.9 Å². The van der Waals surface area contributed by atoms with Gasteiger partial charge in [0.1, 0.15) is 0 Å². The molecule has 2 unspecified atom stereocenters. The van der Waals surface area contributed by atoms with Gasteiger partial charge in [0.15, 0.2) is 0 Å². The average molecular weight is 293 g/mol. The van der Waals surface area contributed by atoms with Crippen molar-refractivity contribution in [1.29, 1.82) is 0 Å². The molecule has 2 aliphatic rings. The van der Waals surface area contributed by atoms with Crippen LogP contribution in [0, 0.1) is 5.92 Å². The van der Waals surface area contributed by atoms with Crippen LogP contribution in [0.15, 0.2) is 12.7 Å². The Morgan fingerprint density at radius 3 is 2.38 bits per heavy atom. The molecular weight excluding hydrogens is 266 g/mol. The van der Waals surface area contributed by atoms with Crippen LogP contribution in [0.1, 0.15) is 26.7 Å². The van der Waals surface area contributed by atoms with Crippen LogP contribution in [0.5, 0.6) is 0 Å². The fourth-order valence-corrected chi connectivity index (χ4v) is 3.18. The van der Waals surface area contributed by atoms with Crippen LogP contribution in [-0.4, -0.2) is 71.8 Å². The van der Waals surface area contributed by atoms with Gasteiger partial charge in [-0.15, -0.1) is 0 Å². The zero-order chi connectivity index (χ0) is 15.4. The van der Waals surface area contributed by atoms with Gasteiger partial charge in [-0.2, -0.15) is 0 Å². The van der Waals surface area contributed by atoms with E-state index in [1.807, 2.05) is 4.90 Å². The van der Waals surface area contributed by atoms with E-state index in [9.17, 15) is 9.59 Å². The van der Waals surface area contributed by atoms with Gasteiger partial charge >= 0.3 is 0 Å². The normalized spacial score (nSPS) is 25.0. The first-order valence-corrected chi connectivity index (χ1v) is 8.01. The van der Waals surface area contributed by atoms with Crippen molar-refractivity contribution in [3.63, 3.8) is 0 Å². The van der Waals surface area contributed by atoms with Crippen LogP contribution >= 0.6 is 0 Å². The summed E-state index contributed by atoms with van der Waals surface area (Å²) in [5, 5.41) is 0. The molecule has 0 spiro atoms. The molecular formula is C16H27N3O2. The van der Waals surface area contributed by atoms with Crippen molar-refractivity contribution in [3.8, 4) is 0 Å². The molecule has 0 radical (unpaired) electrons. The molecule has 0 aliphatic carbocycles. The lowest BCUT2D eigenvalue weighted by atomic mass is 10.1. The Balaban J connectivity index is 1.83. The van der Waals surface area contributed by atoms with E-state index in [4.69, 9.17) is 0 Å². The van der Waals surface area contributed by atoms with Gasteiger partial charge in [-0.1, -0.05) is 13.5 Å². The van der Waals surface area contributed by atoms with Crippen molar-refractivity contribution in [1.82, 2.24) is 14.7 Å². The first-order valence-electron chi connectivity index (χ1n) is 8.01. The maximum atomic E-state index is 12.6. The van der Waals surface area contributed by atoms with E-state index in [-0.39, 0.29) is 17.7 Å². The molecule has 0 aromatic rings. The number of nitrogens with zero attached hydrogens (tertiary/aromatic N) is 3. The predicted molar refractivity (Wildman–Crippen MR) is 82.8 cm³/mol. The van der Waals surface area contributed by atoms with E-state index in [1.54, 1.807) is 4.90 Å². The maximum Gasteiger partial charge on any atom is 0.246 e. The van der Waals surface area contributed by atoms with Crippen molar-refractivity contribution >= 4 is 11.8 Å². The van der Waals surface area contributed by atoms with Gasteiger partial charge in [0, 0.05) is 38.8 Å². The summed E-state index contributed by atoms with van der Waals surface area (Å²) in [6.45, 7) is 12.4. The molecule has 0 N–H and O–H groups in total. The Bertz CT molecular complexity index is 402. The number of carbonyl (C=O) groups excluding carboxylic acids is 2.